The highest BCUT2D eigenvalue weighted by Crippen LogP contribution is 2.24. The molecule has 0 bridgehead atoms. The number of hydrogen-bond acceptors (Lipinski definition) is 5. The summed E-state index contributed by atoms with van der Waals surface area (Å²) in [7, 11) is -3.20. The van der Waals surface area contributed by atoms with Crippen molar-refractivity contribution in [2.24, 2.45) is 11.8 Å². The largest absolute Gasteiger partial charge is 0.455 e. The Hall–Kier alpha value is -1.15. The molecule has 0 aromatic rings. The summed E-state index contributed by atoms with van der Waals surface area (Å²) in [5.41, 5.74) is 0. The molecule has 8 heteroatoms. The smallest absolute Gasteiger partial charge is 0.309 e. The van der Waals surface area contributed by atoms with Crippen molar-refractivity contribution >= 4 is 21.9 Å². The first-order chi connectivity index (χ1) is 11.8. The number of piperidine rings is 1. The Bertz CT molecular complexity index is 570. The van der Waals surface area contributed by atoms with Gasteiger partial charge in [0, 0.05) is 19.1 Å². The second-order valence-corrected chi connectivity index (χ2v) is 9.37. The summed E-state index contributed by atoms with van der Waals surface area (Å²) in [6, 6.07) is 0.169. The number of carbonyl (C=O) groups excluding carboxylic acids is 2. The molecule has 0 spiro atoms. The van der Waals surface area contributed by atoms with Crippen LogP contribution in [0.25, 0.3) is 0 Å². The molecule has 1 aliphatic heterocycles. The summed E-state index contributed by atoms with van der Waals surface area (Å²) in [6.07, 6.45) is 5.30. The zero-order chi connectivity index (χ0) is 18.4. The Morgan fingerprint density at radius 1 is 1.12 bits per heavy atom. The molecule has 0 radical (unpaired) electrons. The maximum absolute atomic E-state index is 12.1. The number of esters is 1. The predicted octanol–water partition coefficient (Wildman–Crippen LogP) is 1.29. The van der Waals surface area contributed by atoms with Crippen molar-refractivity contribution < 1.29 is 22.7 Å². The van der Waals surface area contributed by atoms with E-state index in [1.807, 2.05) is 0 Å². The zero-order valence-electron chi connectivity index (χ0n) is 15.2. The van der Waals surface area contributed by atoms with Gasteiger partial charge in [0.15, 0.2) is 6.61 Å². The lowest BCUT2D eigenvalue weighted by molar-refractivity contribution is -0.154. The number of nitrogens with zero attached hydrogens (tertiary/aromatic N) is 1. The van der Waals surface area contributed by atoms with Crippen LogP contribution in [0, 0.1) is 11.8 Å². The van der Waals surface area contributed by atoms with Crippen LogP contribution < -0.4 is 5.32 Å². The Kier molecular flexibility index (Phi) is 7.25. The second kappa shape index (κ2) is 8.98. The van der Waals surface area contributed by atoms with Gasteiger partial charge in [-0.15, -0.1) is 0 Å². The van der Waals surface area contributed by atoms with Gasteiger partial charge in [0.25, 0.3) is 5.91 Å². The number of rotatable bonds is 6. The number of ether oxygens (including phenoxy) is 1. The Morgan fingerprint density at radius 2 is 1.76 bits per heavy atom. The summed E-state index contributed by atoms with van der Waals surface area (Å²) < 4.78 is 30.2. The maximum Gasteiger partial charge on any atom is 0.309 e. The minimum Gasteiger partial charge on any atom is -0.455 e. The lowest BCUT2D eigenvalue weighted by Crippen LogP contribution is -2.44. The van der Waals surface area contributed by atoms with Gasteiger partial charge in [-0.05, 0) is 38.5 Å². The summed E-state index contributed by atoms with van der Waals surface area (Å²) in [5, 5.41) is 2.96. The van der Waals surface area contributed by atoms with Crippen LogP contribution in [0.5, 0.6) is 0 Å². The average molecular weight is 375 g/mol. The van der Waals surface area contributed by atoms with Crippen molar-refractivity contribution in [3.8, 4) is 0 Å². The number of carbonyl (C=O) groups is 2. The molecule has 0 aromatic heterocycles. The topological polar surface area (TPSA) is 92.8 Å². The summed E-state index contributed by atoms with van der Waals surface area (Å²) in [5.74, 6) is -0.455. The molecule has 2 aliphatic rings. The molecule has 7 nitrogen and oxygen atoms in total. The van der Waals surface area contributed by atoms with Gasteiger partial charge in [-0.1, -0.05) is 19.8 Å². The quantitative estimate of drug-likeness (QED) is 0.707. The first-order valence-electron chi connectivity index (χ1n) is 9.27. The van der Waals surface area contributed by atoms with Crippen LogP contribution in [0.2, 0.25) is 0 Å². The van der Waals surface area contributed by atoms with Gasteiger partial charge in [-0.3, -0.25) is 9.59 Å². The highest BCUT2D eigenvalue weighted by molar-refractivity contribution is 7.89. The van der Waals surface area contributed by atoms with Gasteiger partial charge in [-0.2, -0.15) is 0 Å². The zero-order valence-corrected chi connectivity index (χ0v) is 16.0. The Morgan fingerprint density at radius 3 is 2.36 bits per heavy atom. The molecule has 144 valence electrons. The highest BCUT2D eigenvalue weighted by atomic mass is 32.2. The van der Waals surface area contributed by atoms with Crippen LogP contribution in [-0.2, 0) is 24.3 Å². The SMILES string of the molecule is CCS(=O)(=O)N1CCC(C(=O)OCC(=O)NC2CCCCC2C)CC1. The number of nitrogens with one attached hydrogen (secondary N) is 1. The van der Waals surface area contributed by atoms with E-state index in [0.717, 1.165) is 19.3 Å². The molecule has 1 amide bonds. The lowest BCUT2D eigenvalue weighted by atomic mass is 9.86. The van der Waals surface area contributed by atoms with Crippen molar-refractivity contribution in [2.45, 2.75) is 58.4 Å². The van der Waals surface area contributed by atoms with Crippen LogP contribution in [0.4, 0.5) is 0 Å². The molecule has 2 atom stereocenters. The molecule has 1 N–H and O–H groups in total. The van der Waals surface area contributed by atoms with Crippen molar-refractivity contribution in [1.29, 1.82) is 0 Å². The number of hydrogen-bond donors (Lipinski definition) is 1. The van der Waals surface area contributed by atoms with Crippen molar-refractivity contribution in [3.05, 3.63) is 0 Å². The van der Waals surface area contributed by atoms with Gasteiger partial charge in [0.05, 0.1) is 11.7 Å². The number of amides is 1. The molecule has 25 heavy (non-hydrogen) atoms. The van der Waals surface area contributed by atoms with Gasteiger partial charge in [0.2, 0.25) is 10.0 Å². The van der Waals surface area contributed by atoms with E-state index in [1.165, 1.54) is 10.7 Å². The van der Waals surface area contributed by atoms with E-state index in [4.69, 9.17) is 4.74 Å². The molecule has 0 aromatic carbocycles. The van der Waals surface area contributed by atoms with Crippen LogP contribution >= 0.6 is 0 Å². The van der Waals surface area contributed by atoms with E-state index in [0.29, 0.717) is 31.8 Å². The van der Waals surface area contributed by atoms with Crippen molar-refractivity contribution in [1.82, 2.24) is 9.62 Å². The van der Waals surface area contributed by atoms with E-state index in [-0.39, 0.29) is 30.2 Å². The molecule has 1 saturated carbocycles. The minimum absolute atomic E-state index is 0.0713. The van der Waals surface area contributed by atoms with E-state index >= 15 is 0 Å². The van der Waals surface area contributed by atoms with E-state index < -0.39 is 16.0 Å². The normalized spacial score (nSPS) is 26.2. The lowest BCUT2D eigenvalue weighted by Gasteiger charge is -2.30. The van der Waals surface area contributed by atoms with Crippen LogP contribution in [-0.4, -0.2) is 56.1 Å². The van der Waals surface area contributed by atoms with E-state index in [1.54, 1.807) is 6.92 Å². The van der Waals surface area contributed by atoms with Gasteiger partial charge >= 0.3 is 5.97 Å². The summed E-state index contributed by atoms with van der Waals surface area (Å²) in [4.78, 5) is 24.1. The van der Waals surface area contributed by atoms with Gasteiger partial charge in [0.1, 0.15) is 0 Å². The molecular formula is C17H30N2O5S. The van der Waals surface area contributed by atoms with Crippen LogP contribution in [0.1, 0.15) is 52.4 Å². The van der Waals surface area contributed by atoms with Crippen molar-refractivity contribution in [2.75, 3.05) is 25.4 Å². The molecule has 2 unspecified atom stereocenters. The van der Waals surface area contributed by atoms with Crippen molar-refractivity contribution in [3.63, 3.8) is 0 Å². The fraction of sp³-hybridized carbons (Fsp3) is 0.882. The first-order valence-corrected chi connectivity index (χ1v) is 10.9. The van der Waals surface area contributed by atoms with E-state index in [2.05, 4.69) is 12.2 Å². The fourth-order valence-corrected chi connectivity index (χ4v) is 4.72. The third-order valence-corrected chi connectivity index (χ3v) is 7.23. The third-order valence-electron chi connectivity index (χ3n) is 5.35. The maximum atomic E-state index is 12.1. The predicted molar refractivity (Wildman–Crippen MR) is 94.3 cm³/mol. The molecule has 1 aliphatic carbocycles. The van der Waals surface area contributed by atoms with Crippen LogP contribution in [0.3, 0.4) is 0 Å². The Labute approximate surface area is 150 Å². The minimum atomic E-state index is -3.20. The molecule has 1 heterocycles. The Balaban J connectivity index is 1.71. The molecule has 2 fully saturated rings. The second-order valence-electron chi connectivity index (χ2n) is 7.12. The summed E-state index contributed by atoms with van der Waals surface area (Å²) in [6.45, 7) is 4.16. The van der Waals surface area contributed by atoms with Gasteiger partial charge in [-0.25, -0.2) is 12.7 Å². The average Bonchev–Trinajstić information content (AvgIpc) is 2.61. The monoisotopic (exact) mass is 374 g/mol. The van der Waals surface area contributed by atoms with Gasteiger partial charge < -0.3 is 10.1 Å². The molecule has 2 rings (SSSR count). The first kappa shape index (κ1) is 20.2. The van der Waals surface area contributed by atoms with E-state index in [9.17, 15) is 18.0 Å². The third kappa shape index (κ3) is 5.67. The standard InChI is InChI=1S/C17H30N2O5S/c1-3-25(22,23)19-10-8-14(9-11-19)17(21)24-12-16(20)18-15-7-5-4-6-13(15)2/h13-15H,3-12H2,1-2H3,(H,18,20). The highest BCUT2D eigenvalue weighted by Gasteiger charge is 2.31. The molecule has 1 saturated heterocycles. The fourth-order valence-electron chi connectivity index (χ4n) is 3.59. The summed E-state index contributed by atoms with van der Waals surface area (Å²) >= 11 is 0. The molecular weight excluding hydrogens is 344 g/mol. The number of sulfonamides is 1. The van der Waals surface area contributed by atoms with Crippen LogP contribution in [0.15, 0.2) is 0 Å².